The maximum absolute atomic E-state index is 11.6. The largest absolute Gasteiger partial charge is 0.287 e. The summed E-state index contributed by atoms with van der Waals surface area (Å²) in [4.78, 5) is 17.9. The molecule has 1 atom stereocenters. The highest BCUT2D eigenvalue weighted by Crippen LogP contribution is 2.41. The second-order valence-electron chi connectivity index (χ2n) is 4.19. The van der Waals surface area contributed by atoms with Crippen molar-refractivity contribution in [3.63, 3.8) is 0 Å². The maximum Gasteiger partial charge on any atom is 0.229 e. The number of rotatable bonds is 2. The summed E-state index contributed by atoms with van der Waals surface area (Å²) in [6.45, 7) is 0.708. The number of nitrogens with zero attached hydrogens (tertiary/aromatic N) is 2. The quantitative estimate of drug-likeness (QED) is 0.803. The summed E-state index contributed by atoms with van der Waals surface area (Å²) < 4.78 is 0. The normalized spacial score (nSPS) is 26.3. The Morgan fingerprint density at radius 2 is 2.33 bits per heavy atom. The molecule has 1 unspecified atom stereocenters. The van der Waals surface area contributed by atoms with Gasteiger partial charge in [-0.25, -0.2) is 4.98 Å². The summed E-state index contributed by atoms with van der Waals surface area (Å²) in [7, 11) is 0. The number of carbonyl (C=O) groups is 1. The fourth-order valence-corrected chi connectivity index (χ4v) is 3.09. The summed E-state index contributed by atoms with van der Waals surface area (Å²) in [6, 6.07) is 0. The van der Waals surface area contributed by atoms with Gasteiger partial charge in [0.15, 0.2) is 5.13 Å². The molecule has 3 rings (SSSR count). The second kappa shape index (κ2) is 3.49. The molecule has 0 aromatic carbocycles. The monoisotopic (exact) mass is 240 g/mol. The standard InChI is InChI=1S/C10H12N2OS2/c13-9-3-7(14)4-12(9)10-11-8(5-15-10)6-1-2-6/h5-7,14H,1-4H2. The molecule has 2 aliphatic rings. The van der Waals surface area contributed by atoms with E-state index < -0.39 is 0 Å². The number of hydrogen-bond acceptors (Lipinski definition) is 4. The fraction of sp³-hybridized carbons (Fsp3) is 0.600. The molecule has 1 aromatic heterocycles. The smallest absolute Gasteiger partial charge is 0.229 e. The van der Waals surface area contributed by atoms with Crippen LogP contribution in [0.25, 0.3) is 0 Å². The van der Waals surface area contributed by atoms with E-state index in [-0.39, 0.29) is 11.2 Å². The average molecular weight is 240 g/mol. The van der Waals surface area contributed by atoms with Crippen molar-refractivity contribution in [2.45, 2.75) is 30.4 Å². The number of thiazole rings is 1. The number of thiol groups is 1. The van der Waals surface area contributed by atoms with Crippen molar-refractivity contribution >= 4 is 35.0 Å². The Hall–Kier alpha value is -0.550. The first kappa shape index (κ1) is 9.66. The zero-order valence-corrected chi connectivity index (χ0v) is 9.93. The van der Waals surface area contributed by atoms with Gasteiger partial charge in [-0.05, 0) is 12.8 Å². The Balaban J connectivity index is 1.82. The van der Waals surface area contributed by atoms with Gasteiger partial charge in [-0.15, -0.1) is 11.3 Å². The first-order chi connectivity index (χ1) is 7.24. The van der Waals surface area contributed by atoms with Gasteiger partial charge in [-0.3, -0.25) is 9.69 Å². The van der Waals surface area contributed by atoms with E-state index in [1.807, 2.05) is 0 Å². The minimum atomic E-state index is 0.159. The summed E-state index contributed by atoms with van der Waals surface area (Å²) >= 11 is 5.92. The van der Waals surface area contributed by atoms with Gasteiger partial charge in [-0.2, -0.15) is 12.6 Å². The lowest BCUT2D eigenvalue weighted by molar-refractivity contribution is -0.117. The number of carbonyl (C=O) groups excluding carboxylic acids is 1. The minimum absolute atomic E-state index is 0.159. The Morgan fingerprint density at radius 3 is 2.93 bits per heavy atom. The summed E-state index contributed by atoms with van der Waals surface area (Å²) in [5, 5.41) is 3.12. The minimum Gasteiger partial charge on any atom is -0.287 e. The highest BCUT2D eigenvalue weighted by molar-refractivity contribution is 7.81. The van der Waals surface area contributed by atoms with Crippen molar-refractivity contribution < 1.29 is 4.79 Å². The lowest BCUT2D eigenvalue weighted by Gasteiger charge is -2.10. The molecule has 1 aliphatic carbocycles. The van der Waals surface area contributed by atoms with E-state index >= 15 is 0 Å². The molecule has 0 N–H and O–H groups in total. The van der Waals surface area contributed by atoms with Crippen LogP contribution in [0.15, 0.2) is 5.38 Å². The van der Waals surface area contributed by atoms with Gasteiger partial charge in [0.1, 0.15) is 0 Å². The van der Waals surface area contributed by atoms with E-state index in [2.05, 4.69) is 23.0 Å². The van der Waals surface area contributed by atoms with Gasteiger partial charge in [0.2, 0.25) is 5.91 Å². The molecule has 1 aromatic rings. The molecule has 0 spiro atoms. The molecular weight excluding hydrogens is 228 g/mol. The molecule has 5 heteroatoms. The molecule has 1 saturated heterocycles. The SMILES string of the molecule is O=C1CC(S)CN1c1nc(C2CC2)cs1. The van der Waals surface area contributed by atoms with Crippen molar-refractivity contribution in [2.75, 3.05) is 11.4 Å². The van der Waals surface area contributed by atoms with Gasteiger partial charge >= 0.3 is 0 Å². The lowest BCUT2D eigenvalue weighted by atomic mass is 10.3. The van der Waals surface area contributed by atoms with Crippen LogP contribution in [0.2, 0.25) is 0 Å². The number of aromatic nitrogens is 1. The number of hydrogen-bond donors (Lipinski definition) is 1. The van der Waals surface area contributed by atoms with E-state index in [1.165, 1.54) is 18.5 Å². The van der Waals surface area contributed by atoms with E-state index in [9.17, 15) is 4.79 Å². The third-order valence-corrected chi connectivity index (χ3v) is 4.07. The van der Waals surface area contributed by atoms with Gasteiger partial charge in [0.05, 0.1) is 5.69 Å². The van der Waals surface area contributed by atoms with Crippen molar-refractivity contribution in [3.05, 3.63) is 11.1 Å². The van der Waals surface area contributed by atoms with Crippen LogP contribution in [0.1, 0.15) is 30.9 Å². The second-order valence-corrected chi connectivity index (χ2v) is 5.76. The molecule has 0 bridgehead atoms. The van der Waals surface area contributed by atoms with Crippen LogP contribution in [0.5, 0.6) is 0 Å². The molecule has 80 valence electrons. The molecule has 2 heterocycles. The van der Waals surface area contributed by atoms with Gasteiger partial charge in [-0.1, -0.05) is 0 Å². The van der Waals surface area contributed by atoms with E-state index in [1.54, 1.807) is 16.2 Å². The lowest BCUT2D eigenvalue weighted by Crippen LogP contribution is -2.24. The third-order valence-electron chi connectivity index (χ3n) is 2.84. The van der Waals surface area contributed by atoms with Crippen LogP contribution in [-0.4, -0.2) is 22.7 Å². The fourth-order valence-electron chi connectivity index (χ4n) is 1.84. The summed E-state index contributed by atoms with van der Waals surface area (Å²) in [5.41, 5.74) is 1.17. The summed E-state index contributed by atoms with van der Waals surface area (Å²) in [6.07, 6.45) is 3.06. The molecule has 0 radical (unpaired) electrons. The van der Waals surface area contributed by atoms with Crippen molar-refractivity contribution in [1.82, 2.24) is 4.98 Å². The Labute approximate surface area is 97.9 Å². The molecule has 1 amide bonds. The topological polar surface area (TPSA) is 33.2 Å². The number of amides is 1. The molecule has 2 fully saturated rings. The van der Waals surface area contributed by atoms with Gasteiger partial charge in [0, 0.05) is 29.5 Å². The van der Waals surface area contributed by atoms with Gasteiger partial charge < -0.3 is 0 Å². The molecule has 1 aliphatic heterocycles. The summed E-state index contributed by atoms with van der Waals surface area (Å²) in [5.74, 6) is 0.825. The average Bonchev–Trinajstić information content (AvgIpc) is 2.83. The van der Waals surface area contributed by atoms with Crippen molar-refractivity contribution in [1.29, 1.82) is 0 Å². The third kappa shape index (κ3) is 1.78. The molecule has 3 nitrogen and oxygen atoms in total. The van der Waals surface area contributed by atoms with Crippen LogP contribution in [0.3, 0.4) is 0 Å². The molecule has 15 heavy (non-hydrogen) atoms. The Morgan fingerprint density at radius 1 is 1.53 bits per heavy atom. The zero-order valence-electron chi connectivity index (χ0n) is 8.22. The molecular formula is C10H12N2OS2. The predicted molar refractivity (Wildman–Crippen MR) is 63.8 cm³/mol. The van der Waals surface area contributed by atoms with E-state index in [0.29, 0.717) is 18.9 Å². The highest BCUT2D eigenvalue weighted by Gasteiger charge is 2.32. The van der Waals surface area contributed by atoms with E-state index in [0.717, 1.165) is 5.13 Å². The Kier molecular flexibility index (Phi) is 2.25. The van der Waals surface area contributed by atoms with Crippen LogP contribution in [0.4, 0.5) is 5.13 Å². The first-order valence-electron chi connectivity index (χ1n) is 5.18. The predicted octanol–water partition coefficient (Wildman–Crippen LogP) is 2.06. The maximum atomic E-state index is 11.6. The van der Waals surface area contributed by atoms with Crippen LogP contribution >= 0.6 is 24.0 Å². The van der Waals surface area contributed by atoms with Crippen molar-refractivity contribution in [3.8, 4) is 0 Å². The zero-order chi connectivity index (χ0) is 10.4. The first-order valence-corrected chi connectivity index (χ1v) is 6.57. The van der Waals surface area contributed by atoms with Crippen LogP contribution in [0, 0.1) is 0 Å². The molecule has 1 saturated carbocycles. The highest BCUT2D eigenvalue weighted by atomic mass is 32.1. The van der Waals surface area contributed by atoms with Crippen LogP contribution in [-0.2, 0) is 4.79 Å². The van der Waals surface area contributed by atoms with Gasteiger partial charge in [0.25, 0.3) is 0 Å². The number of anilines is 1. The Bertz CT molecular complexity index is 400. The van der Waals surface area contributed by atoms with E-state index in [4.69, 9.17) is 0 Å². The van der Waals surface area contributed by atoms with Crippen LogP contribution < -0.4 is 4.90 Å². The van der Waals surface area contributed by atoms with Crippen molar-refractivity contribution in [2.24, 2.45) is 0 Å².